The van der Waals surface area contributed by atoms with Crippen LogP contribution in [-0.2, 0) is 6.54 Å². The summed E-state index contributed by atoms with van der Waals surface area (Å²) < 4.78 is 12.9. The molecule has 0 unspecified atom stereocenters. The van der Waals surface area contributed by atoms with Crippen molar-refractivity contribution in [3.05, 3.63) is 34.6 Å². The van der Waals surface area contributed by atoms with Crippen molar-refractivity contribution in [2.45, 2.75) is 26.4 Å². The fourth-order valence-electron chi connectivity index (χ4n) is 1.30. The van der Waals surface area contributed by atoms with E-state index in [1.54, 1.807) is 19.2 Å². The Morgan fingerprint density at radius 2 is 2.18 bits per heavy atom. The van der Waals surface area contributed by atoms with Crippen molar-refractivity contribution in [1.29, 1.82) is 0 Å². The largest absolute Gasteiger partial charge is 0.354 e. The van der Waals surface area contributed by atoms with E-state index in [1.807, 2.05) is 13.8 Å². The Bertz CT molecular complexity index is 405. The fraction of sp³-hybridized carbons (Fsp3) is 0.417. The number of aliphatic imine (C=N–C) groups is 1. The Labute approximate surface area is 106 Å². The Morgan fingerprint density at radius 3 is 2.71 bits per heavy atom. The van der Waals surface area contributed by atoms with Gasteiger partial charge in [-0.25, -0.2) is 4.39 Å². The number of hydrogen-bond donors (Lipinski definition) is 2. The Balaban J connectivity index is 2.57. The van der Waals surface area contributed by atoms with Crippen molar-refractivity contribution in [3.63, 3.8) is 0 Å². The average Bonchev–Trinajstić information content (AvgIpc) is 2.28. The zero-order valence-corrected chi connectivity index (χ0v) is 11.0. The quantitative estimate of drug-likeness (QED) is 0.645. The molecule has 17 heavy (non-hydrogen) atoms. The van der Waals surface area contributed by atoms with Gasteiger partial charge in [0.15, 0.2) is 5.96 Å². The molecule has 0 amide bonds. The summed E-state index contributed by atoms with van der Waals surface area (Å²) in [6.07, 6.45) is 0. The minimum Gasteiger partial charge on any atom is -0.354 e. The monoisotopic (exact) mass is 257 g/mol. The first kappa shape index (κ1) is 13.8. The van der Waals surface area contributed by atoms with E-state index in [2.05, 4.69) is 15.6 Å². The lowest BCUT2D eigenvalue weighted by atomic mass is 10.2. The molecule has 2 N–H and O–H groups in total. The third kappa shape index (κ3) is 4.61. The van der Waals surface area contributed by atoms with Gasteiger partial charge in [-0.1, -0.05) is 17.7 Å². The molecule has 3 nitrogen and oxygen atoms in total. The van der Waals surface area contributed by atoms with Gasteiger partial charge in [-0.3, -0.25) is 4.99 Å². The van der Waals surface area contributed by atoms with Gasteiger partial charge in [0.2, 0.25) is 0 Å². The molecule has 0 aromatic heterocycles. The number of rotatable bonds is 3. The predicted molar refractivity (Wildman–Crippen MR) is 69.9 cm³/mol. The third-order valence-electron chi connectivity index (χ3n) is 2.09. The van der Waals surface area contributed by atoms with Gasteiger partial charge in [-0.2, -0.15) is 0 Å². The molecular weight excluding hydrogens is 241 g/mol. The van der Waals surface area contributed by atoms with Crippen LogP contribution in [0.4, 0.5) is 4.39 Å². The smallest absolute Gasteiger partial charge is 0.191 e. The van der Waals surface area contributed by atoms with Gasteiger partial charge in [0.1, 0.15) is 5.82 Å². The zero-order valence-electron chi connectivity index (χ0n) is 10.2. The maximum Gasteiger partial charge on any atom is 0.191 e. The highest BCUT2D eigenvalue weighted by atomic mass is 35.5. The normalized spacial score (nSPS) is 11.8. The Morgan fingerprint density at radius 1 is 1.47 bits per heavy atom. The molecule has 0 atom stereocenters. The van der Waals surface area contributed by atoms with Gasteiger partial charge in [0.05, 0.1) is 5.02 Å². The highest BCUT2D eigenvalue weighted by Gasteiger charge is 2.03. The molecule has 0 bridgehead atoms. The molecule has 94 valence electrons. The Hall–Kier alpha value is -1.29. The van der Waals surface area contributed by atoms with Crippen LogP contribution in [0.3, 0.4) is 0 Å². The van der Waals surface area contributed by atoms with E-state index in [0.717, 1.165) is 5.56 Å². The third-order valence-corrected chi connectivity index (χ3v) is 2.38. The molecule has 0 fully saturated rings. The maximum atomic E-state index is 12.9. The van der Waals surface area contributed by atoms with Crippen LogP contribution in [-0.4, -0.2) is 19.0 Å². The van der Waals surface area contributed by atoms with Crippen LogP contribution in [0, 0.1) is 5.82 Å². The second-order valence-corrected chi connectivity index (χ2v) is 4.38. The summed E-state index contributed by atoms with van der Waals surface area (Å²) in [6, 6.07) is 4.96. The lowest BCUT2D eigenvalue weighted by Crippen LogP contribution is -2.40. The lowest BCUT2D eigenvalue weighted by molar-refractivity contribution is 0.627. The minimum absolute atomic E-state index is 0.135. The molecule has 0 aliphatic rings. The molecule has 0 aliphatic carbocycles. The zero-order chi connectivity index (χ0) is 12.8. The number of benzene rings is 1. The van der Waals surface area contributed by atoms with Crippen LogP contribution in [0.5, 0.6) is 0 Å². The molecular formula is C12H17ClFN3. The standard InChI is InChI=1S/C12H17ClFN3/c1-8(2)17-12(15-3)16-7-9-4-5-11(14)10(13)6-9/h4-6,8H,7H2,1-3H3,(H2,15,16,17). The van der Waals surface area contributed by atoms with Crippen LogP contribution in [0.1, 0.15) is 19.4 Å². The molecule has 0 spiro atoms. The summed E-state index contributed by atoms with van der Waals surface area (Å²) in [5.41, 5.74) is 0.906. The van der Waals surface area contributed by atoms with Gasteiger partial charge in [0.25, 0.3) is 0 Å². The van der Waals surface area contributed by atoms with Gasteiger partial charge in [-0.15, -0.1) is 0 Å². The van der Waals surface area contributed by atoms with Gasteiger partial charge >= 0.3 is 0 Å². The second-order valence-electron chi connectivity index (χ2n) is 3.97. The van der Waals surface area contributed by atoms with Crippen LogP contribution < -0.4 is 10.6 Å². The van der Waals surface area contributed by atoms with E-state index in [1.165, 1.54) is 6.07 Å². The lowest BCUT2D eigenvalue weighted by Gasteiger charge is -2.14. The number of hydrogen-bond acceptors (Lipinski definition) is 1. The van der Waals surface area contributed by atoms with Crippen LogP contribution in [0.25, 0.3) is 0 Å². The Kier molecular flexibility index (Phi) is 5.22. The molecule has 1 aromatic rings. The van der Waals surface area contributed by atoms with Gasteiger partial charge in [0, 0.05) is 19.6 Å². The first-order valence-corrected chi connectivity index (χ1v) is 5.82. The van der Waals surface area contributed by atoms with E-state index in [0.29, 0.717) is 18.5 Å². The van der Waals surface area contributed by atoms with Crippen molar-refractivity contribution in [2.75, 3.05) is 7.05 Å². The topological polar surface area (TPSA) is 36.4 Å². The first-order valence-electron chi connectivity index (χ1n) is 5.44. The SMILES string of the molecule is CN=C(NCc1ccc(F)c(Cl)c1)NC(C)C. The van der Waals surface area contributed by atoms with Crippen molar-refractivity contribution in [1.82, 2.24) is 10.6 Å². The summed E-state index contributed by atoms with van der Waals surface area (Å²) in [6.45, 7) is 4.61. The van der Waals surface area contributed by atoms with E-state index in [-0.39, 0.29) is 5.02 Å². The highest BCUT2D eigenvalue weighted by molar-refractivity contribution is 6.30. The summed E-state index contributed by atoms with van der Waals surface area (Å²) in [5, 5.41) is 6.41. The van der Waals surface area contributed by atoms with Gasteiger partial charge < -0.3 is 10.6 Å². The maximum absolute atomic E-state index is 12.9. The van der Waals surface area contributed by atoms with Crippen LogP contribution in [0.2, 0.25) is 5.02 Å². The first-order chi connectivity index (χ1) is 8.02. The van der Waals surface area contributed by atoms with Gasteiger partial charge in [-0.05, 0) is 31.5 Å². The van der Waals surface area contributed by atoms with E-state index >= 15 is 0 Å². The fourth-order valence-corrected chi connectivity index (χ4v) is 1.51. The van der Waals surface area contributed by atoms with Crippen molar-refractivity contribution in [2.24, 2.45) is 4.99 Å². The summed E-state index contributed by atoms with van der Waals surface area (Å²) in [4.78, 5) is 4.07. The molecule has 1 aromatic carbocycles. The second kappa shape index (κ2) is 6.45. The molecule has 0 heterocycles. The number of guanidine groups is 1. The van der Waals surface area contributed by atoms with Crippen molar-refractivity contribution < 1.29 is 4.39 Å². The number of halogens is 2. The van der Waals surface area contributed by atoms with Crippen LogP contribution >= 0.6 is 11.6 Å². The van der Waals surface area contributed by atoms with E-state index in [4.69, 9.17) is 11.6 Å². The van der Waals surface area contributed by atoms with Crippen molar-refractivity contribution >= 4 is 17.6 Å². The highest BCUT2D eigenvalue weighted by Crippen LogP contribution is 2.15. The summed E-state index contributed by atoms with van der Waals surface area (Å²) >= 11 is 5.70. The summed E-state index contributed by atoms with van der Waals surface area (Å²) in [7, 11) is 1.70. The predicted octanol–water partition coefficient (Wildman–Crippen LogP) is 2.55. The van der Waals surface area contributed by atoms with E-state index in [9.17, 15) is 4.39 Å². The molecule has 0 saturated carbocycles. The van der Waals surface area contributed by atoms with E-state index < -0.39 is 5.82 Å². The molecule has 0 radical (unpaired) electrons. The molecule has 1 rings (SSSR count). The molecule has 5 heteroatoms. The number of nitrogens with one attached hydrogen (secondary N) is 2. The average molecular weight is 258 g/mol. The van der Waals surface area contributed by atoms with Crippen LogP contribution in [0.15, 0.2) is 23.2 Å². The summed E-state index contributed by atoms with van der Waals surface area (Å²) in [5.74, 6) is 0.306. The van der Waals surface area contributed by atoms with Crippen molar-refractivity contribution in [3.8, 4) is 0 Å². The number of nitrogens with zero attached hydrogens (tertiary/aromatic N) is 1. The molecule has 0 saturated heterocycles. The molecule has 0 aliphatic heterocycles. The minimum atomic E-state index is -0.403.